The molecule has 1 aromatic carbocycles. The van der Waals surface area contributed by atoms with Crippen molar-refractivity contribution in [1.29, 1.82) is 0 Å². The van der Waals surface area contributed by atoms with Gasteiger partial charge in [0.15, 0.2) is 0 Å². The van der Waals surface area contributed by atoms with E-state index in [0.29, 0.717) is 17.8 Å². The average molecular weight is 301 g/mol. The fourth-order valence-corrected chi connectivity index (χ4v) is 2.56. The van der Waals surface area contributed by atoms with Crippen LogP contribution in [0.1, 0.15) is 10.4 Å². The van der Waals surface area contributed by atoms with Crippen molar-refractivity contribution in [2.24, 2.45) is 0 Å². The van der Waals surface area contributed by atoms with Crippen LogP contribution in [-0.4, -0.2) is 53.6 Å². The molecule has 7 heteroatoms. The second-order valence-corrected chi connectivity index (χ2v) is 5.12. The molecule has 0 saturated carbocycles. The minimum absolute atomic E-state index is 0.0191. The van der Waals surface area contributed by atoms with Gasteiger partial charge >= 0.3 is 6.03 Å². The molecule has 2 N–H and O–H groups in total. The Morgan fingerprint density at radius 2 is 2.00 bits per heavy atom. The smallest absolute Gasteiger partial charge is 0.329 e. The molecular weight excluding hydrogens is 286 g/mol. The predicted octanol–water partition coefficient (Wildman–Crippen LogP) is 0.116. The zero-order valence-corrected chi connectivity index (χ0v) is 11.7. The number of anilines is 1. The lowest BCUT2D eigenvalue weighted by atomic mass is 10.1. The van der Waals surface area contributed by atoms with E-state index in [1.807, 2.05) is 6.08 Å². The summed E-state index contributed by atoms with van der Waals surface area (Å²) in [6.45, 7) is 0.333. The number of benzene rings is 1. The van der Waals surface area contributed by atoms with Crippen LogP contribution in [0.2, 0.25) is 0 Å². The van der Waals surface area contributed by atoms with Crippen LogP contribution in [0.3, 0.4) is 0 Å². The van der Waals surface area contributed by atoms with Crippen molar-refractivity contribution in [3.63, 3.8) is 0 Å². The number of nitrogens with one attached hydrogen (secondary N) is 1. The molecule has 1 aromatic rings. The number of urea groups is 1. The van der Waals surface area contributed by atoms with E-state index < -0.39 is 6.03 Å². The molecule has 22 heavy (non-hydrogen) atoms. The average Bonchev–Trinajstić information content (AvgIpc) is 3.12. The summed E-state index contributed by atoms with van der Waals surface area (Å²) >= 11 is 0. The van der Waals surface area contributed by atoms with Crippen molar-refractivity contribution < 1.29 is 19.5 Å². The van der Waals surface area contributed by atoms with Crippen molar-refractivity contribution in [3.05, 3.63) is 42.0 Å². The Morgan fingerprint density at radius 1 is 1.27 bits per heavy atom. The summed E-state index contributed by atoms with van der Waals surface area (Å²) in [5, 5.41) is 11.4. The van der Waals surface area contributed by atoms with Gasteiger partial charge in [-0.1, -0.05) is 12.2 Å². The molecular formula is C15H15N3O4. The number of hydrogen-bond acceptors (Lipinski definition) is 4. The third kappa shape index (κ3) is 2.46. The van der Waals surface area contributed by atoms with Gasteiger partial charge in [0.1, 0.15) is 6.54 Å². The van der Waals surface area contributed by atoms with E-state index in [2.05, 4.69) is 5.32 Å². The summed E-state index contributed by atoms with van der Waals surface area (Å²) in [4.78, 5) is 38.0. The van der Waals surface area contributed by atoms with Crippen LogP contribution in [-0.2, 0) is 4.79 Å². The zero-order chi connectivity index (χ0) is 15.7. The van der Waals surface area contributed by atoms with Gasteiger partial charge in [-0.15, -0.1) is 0 Å². The van der Waals surface area contributed by atoms with Gasteiger partial charge in [0.05, 0.1) is 12.6 Å². The van der Waals surface area contributed by atoms with Gasteiger partial charge in [-0.2, -0.15) is 0 Å². The third-order valence-corrected chi connectivity index (χ3v) is 3.73. The van der Waals surface area contributed by atoms with Crippen molar-refractivity contribution in [2.75, 3.05) is 24.6 Å². The number of carbonyl (C=O) groups excluding carboxylic acids is 3. The molecule has 0 bridgehead atoms. The fourth-order valence-electron chi connectivity index (χ4n) is 2.56. The Labute approximate surface area is 126 Å². The third-order valence-electron chi connectivity index (χ3n) is 3.73. The summed E-state index contributed by atoms with van der Waals surface area (Å²) in [7, 11) is 0. The van der Waals surface area contributed by atoms with Gasteiger partial charge < -0.3 is 10.0 Å². The molecule has 3 rings (SSSR count). The van der Waals surface area contributed by atoms with E-state index in [4.69, 9.17) is 0 Å². The number of carbonyl (C=O) groups is 3. The molecule has 1 saturated heterocycles. The van der Waals surface area contributed by atoms with Crippen molar-refractivity contribution in [1.82, 2.24) is 10.2 Å². The molecule has 7 nitrogen and oxygen atoms in total. The monoisotopic (exact) mass is 301 g/mol. The van der Waals surface area contributed by atoms with E-state index in [0.717, 1.165) is 0 Å². The van der Waals surface area contributed by atoms with Crippen LogP contribution >= 0.6 is 0 Å². The van der Waals surface area contributed by atoms with Crippen LogP contribution in [0.4, 0.5) is 10.5 Å². The first-order chi connectivity index (χ1) is 10.6. The first kappa shape index (κ1) is 14.3. The molecule has 1 atom stereocenters. The SMILES string of the molecule is O=C1CN(c2ccc(C(=O)N3CC=CC3CO)cc2)C(=O)N1. The number of aliphatic hydroxyl groups excluding tert-OH is 1. The van der Waals surface area contributed by atoms with Gasteiger partial charge in [-0.25, -0.2) is 4.79 Å². The van der Waals surface area contributed by atoms with Crippen molar-refractivity contribution >= 4 is 23.5 Å². The Kier molecular flexibility index (Phi) is 3.64. The quantitative estimate of drug-likeness (QED) is 0.613. The van der Waals surface area contributed by atoms with Crippen LogP contribution in [0, 0.1) is 0 Å². The lowest BCUT2D eigenvalue weighted by Crippen LogP contribution is -2.38. The lowest BCUT2D eigenvalue weighted by molar-refractivity contribution is -0.117. The van der Waals surface area contributed by atoms with E-state index in [9.17, 15) is 19.5 Å². The molecule has 114 valence electrons. The van der Waals surface area contributed by atoms with Crippen LogP contribution in [0.5, 0.6) is 0 Å². The van der Waals surface area contributed by atoms with E-state index in [-0.39, 0.29) is 31.0 Å². The largest absolute Gasteiger partial charge is 0.394 e. The molecule has 0 aliphatic carbocycles. The molecule has 2 aliphatic rings. The van der Waals surface area contributed by atoms with Crippen LogP contribution < -0.4 is 10.2 Å². The van der Waals surface area contributed by atoms with Gasteiger partial charge in [0.2, 0.25) is 5.91 Å². The summed E-state index contributed by atoms with van der Waals surface area (Å²) in [5.41, 5.74) is 1.02. The number of hydrogen-bond donors (Lipinski definition) is 2. The maximum Gasteiger partial charge on any atom is 0.329 e. The Morgan fingerprint density at radius 3 is 2.59 bits per heavy atom. The fraction of sp³-hybridized carbons (Fsp3) is 0.267. The second-order valence-electron chi connectivity index (χ2n) is 5.12. The molecule has 1 fully saturated rings. The van der Waals surface area contributed by atoms with E-state index >= 15 is 0 Å². The highest BCUT2D eigenvalue weighted by Crippen LogP contribution is 2.20. The maximum absolute atomic E-state index is 12.4. The highest BCUT2D eigenvalue weighted by atomic mass is 16.3. The molecule has 2 aliphatic heterocycles. The van der Waals surface area contributed by atoms with Gasteiger partial charge in [0.25, 0.3) is 5.91 Å². The maximum atomic E-state index is 12.4. The first-order valence-electron chi connectivity index (χ1n) is 6.90. The Bertz CT molecular complexity index is 653. The summed E-state index contributed by atoms with van der Waals surface area (Å²) in [5.74, 6) is -0.531. The minimum Gasteiger partial charge on any atom is -0.394 e. The molecule has 2 heterocycles. The number of amides is 4. The first-order valence-corrected chi connectivity index (χ1v) is 6.90. The topological polar surface area (TPSA) is 90.0 Å². The Hall–Kier alpha value is -2.67. The lowest BCUT2D eigenvalue weighted by Gasteiger charge is -2.23. The number of aliphatic hydroxyl groups is 1. The highest BCUT2D eigenvalue weighted by molar-refractivity contribution is 6.12. The van der Waals surface area contributed by atoms with Crippen LogP contribution in [0.25, 0.3) is 0 Å². The van der Waals surface area contributed by atoms with E-state index in [1.165, 1.54) is 4.90 Å². The van der Waals surface area contributed by atoms with Crippen molar-refractivity contribution in [3.8, 4) is 0 Å². The van der Waals surface area contributed by atoms with Gasteiger partial charge in [-0.3, -0.25) is 19.8 Å². The number of imide groups is 1. The summed E-state index contributed by atoms with van der Waals surface area (Å²) < 4.78 is 0. The molecule has 0 aromatic heterocycles. The zero-order valence-electron chi connectivity index (χ0n) is 11.7. The van der Waals surface area contributed by atoms with Gasteiger partial charge in [0, 0.05) is 17.8 Å². The predicted molar refractivity (Wildman–Crippen MR) is 78.4 cm³/mol. The normalized spacial score (nSPS) is 20.7. The standard InChI is InChI=1S/C15H15N3O4/c19-9-12-2-1-7-17(12)14(21)10-3-5-11(6-4-10)18-8-13(20)16-15(18)22/h1-6,12,19H,7-9H2,(H,16,20,22). The van der Waals surface area contributed by atoms with Crippen LogP contribution in [0.15, 0.2) is 36.4 Å². The molecule has 1 unspecified atom stereocenters. The molecule has 4 amide bonds. The summed E-state index contributed by atoms with van der Waals surface area (Å²) in [6, 6.07) is 5.72. The van der Waals surface area contributed by atoms with Crippen molar-refractivity contribution in [2.45, 2.75) is 6.04 Å². The summed E-state index contributed by atoms with van der Waals surface area (Å²) in [6.07, 6.45) is 3.64. The van der Waals surface area contributed by atoms with Gasteiger partial charge in [-0.05, 0) is 24.3 Å². The molecule has 0 radical (unpaired) electrons. The number of rotatable bonds is 3. The Balaban J connectivity index is 1.76. The minimum atomic E-state index is -0.465. The highest BCUT2D eigenvalue weighted by Gasteiger charge is 2.29. The second kappa shape index (κ2) is 5.61. The number of nitrogens with zero attached hydrogens (tertiary/aromatic N) is 2. The molecule has 0 spiro atoms. The van der Waals surface area contributed by atoms with E-state index in [1.54, 1.807) is 35.2 Å².